The zero-order valence-electron chi connectivity index (χ0n) is 16.6. The normalized spacial score (nSPS) is 12.2. The molecule has 0 saturated heterocycles. The molecule has 8 nitrogen and oxygen atoms in total. The molecular formula is C20H22N4O4S. The molecule has 0 radical (unpaired) electrons. The Kier molecular flexibility index (Phi) is 6.07. The quantitative estimate of drug-likeness (QED) is 0.621. The molecule has 1 N–H and O–H groups in total. The van der Waals surface area contributed by atoms with Crippen LogP contribution in [0.4, 0.5) is 0 Å². The lowest BCUT2D eigenvalue weighted by molar-refractivity contribution is -0.148. The summed E-state index contributed by atoms with van der Waals surface area (Å²) in [5, 5.41) is 7.35. The molecule has 0 aliphatic carbocycles. The maximum absolute atomic E-state index is 12.6. The fourth-order valence-corrected chi connectivity index (χ4v) is 3.64. The number of carbonyl (C=O) groups excluding carboxylic acids is 2. The first-order chi connectivity index (χ1) is 13.8. The number of nitrogens with zero attached hydrogens (tertiary/aromatic N) is 3. The zero-order chi connectivity index (χ0) is 21.1. The SMILES string of the molecule is Cc1cc(=O)n2nc(COC(=O)[C@@H](NC(=O)c3ccccc3C)C(C)C)sc2n1. The average Bonchev–Trinajstić information content (AvgIpc) is 3.07. The monoisotopic (exact) mass is 414 g/mol. The summed E-state index contributed by atoms with van der Waals surface area (Å²) in [6.45, 7) is 7.12. The molecule has 1 amide bonds. The summed E-state index contributed by atoms with van der Waals surface area (Å²) >= 11 is 1.18. The summed E-state index contributed by atoms with van der Waals surface area (Å²) in [7, 11) is 0. The molecule has 9 heteroatoms. The summed E-state index contributed by atoms with van der Waals surface area (Å²) in [4.78, 5) is 41.8. The van der Waals surface area contributed by atoms with Crippen LogP contribution in [0.1, 0.15) is 40.5 Å². The summed E-state index contributed by atoms with van der Waals surface area (Å²) in [6.07, 6.45) is 0. The molecule has 1 atom stereocenters. The first kappa shape index (κ1) is 20.7. The minimum atomic E-state index is -0.806. The van der Waals surface area contributed by atoms with Crippen LogP contribution in [0.3, 0.4) is 0 Å². The molecule has 3 rings (SSSR count). The van der Waals surface area contributed by atoms with Crippen LogP contribution >= 0.6 is 11.3 Å². The molecule has 0 fully saturated rings. The Morgan fingerprint density at radius 3 is 2.66 bits per heavy atom. The second kappa shape index (κ2) is 8.52. The van der Waals surface area contributed by atoms with E-state index < -0.39 is 12.0 Å². The highest BCUT2D eigenvalue weighted by molar-refractivity contribution is 7.16. The maximum Gasteiger partial charge on any atom is 0.329 e. The third-order valence-electron chi connectivity index (χ3n) is 4.35. The number of benzene rings is 1. The Labute approximate surface area is 171 Å². The Morgan fingerprint density at radius 2 is 1.97 bits per heavy atom. The molecule has 0 saturated carbocycles. The second-order valence-electron chi connectivity index (χ2n) is 7.04. The van der Waals surface area contributed by atoms with Gasteiger partial charge in [-0.3, -0.25) is 9.59 Å². The highest BCUT2D eigenvalue weighted by Gasteiger charge is 2.27. The van der Waals surface area contributed by atoms with Gasteiger partial charge in [0.2, 0.25) is 4.96 Å². The predicted molar refractivity (Wildman–Crippen MR) is 109 cm³/mol. The molecule has 2 aromatic heterocycles. The topological polar surface area (TPSA) is 103 Å². The number of rotatable bonds is 6. The molecule has 0 spiro atoms. The number of hydrogen-bond acceptors (Lipinski definition) is 7. The predicted octanol–water partition coefficient (Wildman–Crippen LogP) is 2.27. The molecule has 0 aliphatic heterocycles. The van der Waals surface area contributed by atoms with Gasteiger partial charge in [-0.1, -0.05) is 43.4 Å². The standard InChI is InChI=1S/C20H22N4O4S/c1-11(2)17(22-18(26)14-8-6-5-7-12(14)3)19(27)28-10-15-23-24-16(25)9-13(4)21-20(24)29-15/h5-9,11,17H,10H2,1-4H3,(H,22,26)/t17-/m0/s1. The number of fused-ring (bicyclic) bond motifs is 1. The van der Waals surface area contributed by atoms with Gasteiger partial charge in [0, 0.05) is 17.3 Å². The van der Waals surface area contributed by atoms with Gasteiger partial charge in [0.1, 0.15) is 12.6 Å². The molecule has 2 heterocycles. The minimum absolute atomic E-state index is 0.102. The van der Waals surface area contributed by atoms with Crippen LogP contribution in [-0.4, -0.2) is 32.5 Å². The summed E-state index contributed by atoms with van der Waals surface area (Å²) in [5.41, 5.74) is 1.65. The third kappa shape index (κ3) is 4.68. The van der Waals surface area contributed by atoms with E-state index in [1.807, 2.05) is 32.9 Å². The molecule has 0 bridgehead atoms. The van der Waals surface area contributed by atoms with Crippen molar-refractivity contribution >= 4 is 28.2 Å². The van der Waals surface area contributed by atoms with Gasteiger partial charge < -0.3 is 10.1 Å². The smallest absolute Gasteiger partial charge is 0.329 e. The molecule has 1 aromatic carbocycles. The largest absolute Gasteiger partial charge is 0.457 e. The number of esters is 1. The van der Waals surface area contributed by atoms with E-state index in [2.05, 4.69) is 15.4 Å². The number of amides is 1. The van der Waals surface area contributed by atoms with E-state index in [-0.39, 0.29) is 24.0 Å². The Morgan fingerprint density at radius 1 is 1.24 bits per heavy atom. The van der Waals surface area contributed by atoms with Gasteiger partial charge in [-0.2, -0.15) is 9.61 Å². The van der Waals surface area contributed by atoms with E-state index in [9.17, 15) is 14.4 Å². The first-order valence-electron chi connectivity index (χ1n) is 9.16. The van der Waals surface area contributed by atoms with Crippen LogP contribution in [0.15, 0.2) is 35.1 Å². The van der Waals surface area contributed by atoms with Crippen LogP contribution in [0.25, 0.3) is 4.96 Å². The molecular weight excluding hydrogens is 392 g/mol. The van der Waals surface area contributed by atoms with Crippen LogP contribution in [0, 0.1) is 19.8 Å². The third-order valence-corrected chi connectivity index (χ3v) is 5.23. The van der Waals surface area contributed by atoms with Gasteiger partial charge >= 0.3 is 5.97 Å². The molecule has 3 aromatic rings. The number of carbonyl (C=O) groups is 2. The fourth-order valence-electron chi connectivity index (χ4n) is 2.79. The average molecular weight is 414 g/mol. The van der Waals surface area contributed by atoms with E-state index in [1.54, 1.807) is 19.1 Å². The molecule has 0 aliphatic rings. The number of aromatic nitrogens is 3. The van der Waals surface area contributed by atoms with E-state index >= 15 is 0 Å². The van der Waals surface area contributed by atoms with E-state index in [0.29, 0.717) is 21.2 Å². The van der Waals surface area contributed by atoms with Crippen molar-refractivity contribution < 1.29 is 14.3 Å². The summed E-state index contributed by atoms with van der Waals surface area (Å²) in [5.74, 6) is -1.06. The van der Waals surface area contributed by atoms with Gasteiger partial charge in [-0.05, 0) is 31.4 Å². The van der Waals surface area contributed by atoms with Crippen LogP contribution < -0.4 is 10.9 Å². The van der Waals surface area contributed by atoms with E-state index in [0.717, 1.165) is 5.56 Å². The van der Waals surface area contributed by atoms with Crippen molar-refractivity contribution in [1.29, 1.82) is 0 Å². The van der Waals surface area contributed by atoms with Crippen molar-refractivity contribution in [2.75, 3.05) is 0 Å². The molecule has 152 valence electrons. The lowest BCUT2D eigenvalue weighted by Crippen LogP contribution is -2.45. The fraction of sp³-hybridized carbons (Fsp3) is 0.350. The van der Waals surface area contributed by atoms with Crippen molar-refractivity contribution in [3.63, 3.8) is 0 Å². The van der Waals surface area contributed by atoms with Crippen LogP contribution in [0.2, 0.25) is 0 Å². The van der Waals surface area contributed by atoms with Gasteiger partial charge in [-0.15, -0.1) is 0 Å². The van der Waals surface area contributed by atoms with Crippen molar-refractivity contribution in [2.45, 2.75) is 40.3 Å². The molecule has 0 unspecified atom stereocenters. The zero-order valence-corrected chi connectivity index (χ0v) is 17.4. The van der Waals surface area contributed by atoms with Gasteiger partial charge in [0.15, 0.2) is 5.01 Å². The lowest BCUT2D eigenvalue weighted by Gasteiger charge is -2.21. The van der Waals surface area contributed by atoms with Crippen molar-refractivity contribution in [3.8, 4) is 0 Å². The Bertz CT molecular complexity index is 1120. The van der Waals surface area contributed by atoms with Gasteiger partial charge in [-0.25, -0.2) is 9.78 Å². The second-order valence-corrected chi connectivity index (χ2v) is 8.08. The first-order valence-corrected chi connectivity index (χ1v) is 9.97. The number of ether oxygens (including phenoxy) is 1. The highest BCUT2D eigenvalue weighted by Crippen LogP contribution is 2.14. The highest BCUT2D eigenvalue weighted by atomic mass is 32.1. The molecule has 29 heavy (non-hydrogen) atoms. The number of hydrogen-bond donors (Lipinski definition) is 1. The summed E-state index contributed by atoms with van der Waals surface area (Å²) in [6, 6.07) is 7.75. The van der Waals surface area contributed by atoms with Gasteiger partial charge in [0.05, 0.1) is 0 Å². The Hall–Kier alpha value is -3.07. The number of nitrogens with one attached hydrogen (secondary N) is 1. The summed E-state index contributed by atoms with van der Waals surface area (Å²) < 4.78 is 6.55. The van der Waals surface area contributed by atoms with Crippen molar-refractivity contribution in [2.24, 2.45) is 5.92 Å². The van der Waals surface area contributed by atoms with E-state index in [4.69, 9.17) is 4.74 Å². The van der Waals surface area contributed by atoms with E-state index in [1.165, 1.54) is 21.9 Å². The minimum Gasteiger partial charge on any atom is -0.457 e. The van der Waals surface area contributed by atoms with Crippen LogP contribution in [-0.2, 0) is 16.1 Å². The number of aryl methyl sites for hydroxylation is 2. The van der Waals surface area contributed by atoms with Crippen LogP contribution in [0.5, 0.6) is 0 Å². The maximum atomic E-state index is 12.6. The Balaban J connectivity index is 1.70. The van der Waals surface area contributed by atoms with Crippen molar-refractivity contribution in [3.05, 3.63) is 62.5 Å². The van der Waals surface area contributed by atoms with Gasteiger partial charge in [0.25, 0.3) is 11.5 Å². The lowest BCUT2D eigenvalue weighted by atomic mass is 10.0. The van der Waals surface area contributed by atoms with Crippen molar-refractivity contribution in [1.82, 2.24) is 19.9 Å².